The number of quaternary nitrogens is 1. The number of para-hydroxylation sites is 1. The molecule has 1 fully saturated rings. The third-order valence-electron chi connectivity index (χ3n) is 5.89. The SMILES string of the molecule is O=C(C[NH+]1CCN(C(=O)CN2CCCc3ccccc32)CC1)Nc1ccc(F)cc1. The van der Waals surface area contributed by atoms with Crippen molar-refractivity contribution in [2.75, 3.05) is 56.0 Å². The van der Waals surface area contributed by atoms with Crippen molar-refractivity contribution in [3.05, 3.63) is 59.9 Å². The lowest BCUT2D eigenvalue weighted by Gasteiger charge is -2.35. The zero-order valence-electron chi connectivity index (χ0n) is 17.1. The number of hydrogen-bond donors (Lipinski definition) is 2. The van der Waals surface area contributed by atoms with Crippen molar-refractivity contribution in [1.29, 1.82) is 0 Å². The van der Waals surface area contributed by atoms with Crippen LogP contribution in [0.2, 0.25) is 0 Å². The van der Waals surface area contributed by atoms with Crippen LogP contribution in [0.3, 0.4) is 0 Å². The van der Waals surface area contributed by atoms with Crippen molar-refractivity contribution < 1.29 is 18.9 Å². The highest BCUT2D eigenvalue weighted by atomic mass is 19.1. The molecule has 0 bridgehead atoms. The Morgan fingerprint density at radius 2 is 1.73 bits per heavy atom. The number of amides is 2. The number of hydrogen-bond acceptors (Lipinski definition) is 3. The largest absolute Gasteiger partial charge is 0.362 e. The summed E-state index contributed by atoms with van der Waals surface area (Å²) < 4.78 is 13.0. The van der Waals surface area contributed by atoms with Crippen LogP contribution in [0.5, 0.6) is 0 Å². The number of aryl methyl sites for hydroxylation is 1. The molecule has 2 aliphatic heterocycles. The number of fused-ring (bicyclic) bond motifs is 1. The first-order valence-corrected chi connectivity index (χ1v) is 10.6. The first-order chi connectivity index (χ1) is 14.6. The smallest absolute Gasteiger partial charge is 0.279 e. The monoisotopic (exact) mass is 411 g/mol. The molecule has 0 unspecified atom stereocenters. The van der Waals surface area contributed by atoms with Gasteiger partial charge in [0.25, 0.3) is 5.91 Å². The third-order valence-corrected chi connectivity index (χ3v) is 5.89. The molecule has 2 heterocycles. The molecule has 2 aromatic carbocycles. The maximum Gasteiger partial charge on any atom is 0.279 e. The summed E-state index contributed by atoms with van der Waals surface area (Å²) in [5.41, 5.74) is 3.09. The fourth-order valence-corrected chi connectivity index (χ4v) is 4.25. The maximum absolute atomic E-state index is 13.0. The van der Waals surface area contributed by atoms with Gasteiger partial charge in [-0.1, -0.05) is 18.2 Å². The molecule has 1 saturated heterocycles. The Balaban J connectivity index is 1.24. The van der Waals surface area contributed by atoms with E-state index in [1.54, 1.807) is 12.1 Å². The second kappa shape index (κ2) is 9.26. The van der Waals surface area contributed by atoms with E-state index in [1.165, 1.54) is 23.4 Å². The Morgan fingerprint density at radius 1 is 1.00 bits per heavy atom. The van der Waals surface area contributed by atoms with E-state index in [-0.39, 0.29) is 17.6 Å². The highest BCUT2D eigenvalue weighted by Crippen LogP contribution is 2.26. The molecule has 0 aliphatic carbocycles. The van der Waals surface area contributed by atoms with Crippen LogP contribution in [0.25, 0.3) is 0 Å². The van der Waals surface area contributed by atoms with E-state index in [9.17, 15) is 14.0 Å². The Kier molecular flexibility index (Phi) is 6.28. The van der Waals surface area contributed by atoms with Gasteiger partial charge < -0.3 is 20.0 Å². The number of carbonyl (C=O) groups excluding carboxylic acids is 2. The molecular weight excluding hydrogens is 383 g/mol. The lowest BCUT2D eigenvalue weighted by atomic mass is 10.0. The summed E-state index contributed by atoms with van der Waals surface area (Å²) in [6.45, 7) is 4.49. The van der Waals surface area contributed by atoms with Gasteiger partial charge in [0.1, 0.15) is 5.82 Å². The predicted molar refractivity (Wildman–Crippen MR) is 114 cm³/mol. The van der Waals surface area contributed by atoms with Crippen molar-refractivity contribution in [1.82, 2.24) is 4.90 Å². The molecule has 0 radical (unpaired) electrons. The van der Waals surface area contributed by atoms with E-state index in [0.717, 1.165) is 37.4 Å². The first kappa shape index (κ1) is 20.3. The molecule has 7 heteroatoms. The molecule has 2 N–H and O–H groups in total. The number of benzene rings is 2. The van der Waals surface area contributed by atoms with Crippen LogP contribution in [0.1, 0.15) is 12.0 Å². The second-order valence-corrected chi connectivity index (χ2v) is 8.02. The zero-order chi connectivity index (χ0) is 20.9. The van der Waals surface area contributed by atoms with Gasteiger partial charge in [-0.15, -0.1) is 0 Å². The van der Waals surface area contributed by atoms with Crippen molar-refractivity contribution in [3.63, 3.8) is 0 Å². The van der Waals surface area contributed by atoms with E-state index >= 15 is 0 Å². The van der Waals surface area contributed by atoms with Crippen LogP contribution < -0.4 is 15.1 Å². The molecule has 2 aromatic rings. The molecule has 4 rings (SSSR count). The topological polar surface area (TPSA) is 57.1 Å². The maximum atomic E-state index is 13.0. The predicted octanol–water partition coefficient (Wildman–Crippen LogP) is 0.944. The van der Waals surface area contributed by atoms with E-state index in [0.29, 0.717) is 31.9 Å². The molecule has 0 spiro atoms. The highest BCUT2D eigenvalue weighted by Gasteiger charge is 2.27. The minimum absolute atomic E-state index is 0.0960. The Hall–Kier alpha value is -2.93. The van der Waals surface area contributed by atoms with E-state index in [4.69, 9.17) is 0 Å². The molecule has 0 atom stereocenters. The van der Waals surface area contributed by atoms with E-state index < -0.39 is 0 Å². The summed E-state index contributed by atoms with van der Waals surface area (Å²) in [4.78, 5) is 30.3. The number of halogens is 1. The third kappa shape index (κ3) is 4.97. The van der Waals surface area contributed by atoms with Gasteiger partial charge in [-0.25, -0.2) is 4.39 Å². The van der Waals surface area contributed by atoms with Gasteiger partial charge in [0.05, 0.1) is 32.7 Å². The number of anilines is 2. The second-order valence-electron chi connectivity index (χ2n) is 8.02. The van der Waals surface area contributed by atoms with Gasteiger partial charge in [0.2, 0.25) is 5.91 Å². The first-order valence-electron chi connectivity index (χ1n) is 10.6. The molecule has 2 amide bonds. The lowest BCUT2D eigenvalue weighted by Crippen LogP contribution is -3.15. The van der Waals surface area contributed by atoms with Gasteiger partial charge in [-0.2, -0.15) is 0 Å². The van der Waals surface area contributed by atoms with Crippen molar-refractivity contribution in [2.24, 2.45) is 0 Å². The lowest BCUT2D eigenvalue weighted by molar-refractivity contribution is -0.895. The Morgan fingerprint density at radius 3 is 2.50 bits per heavy atom. The fourth-order valence-electron chi connectivity index (χ4n) is 4.25. The average molecular weight is 412 g/mol. The molecule has 158 valence electrons. The number of carbonyl (C=O) groups is 2. The minimum Gasteiger partial charge on any atom is -0.362 e. The van der Waals surface area contributed by atoms with Gasteiger partial charge in [-0.3, -0.25) is 9.59 Å². The van der Waals surface area contributed by atoms with Crippen molar-refractivity contribution >= 4 is 23.2 Å². The van der Waals surface area contributed by atoms with Crippen LogP contribution in [-0.4, -0.2) is 62.5 Å². The number of rotatable bonds is 5. The molecule has 0 aromatic heterocycles. The summed E-state index contributed by atoms with van der Waals surface area (Å²) in [5.74, 6) is -0.268. The number of piperazine rings is 1. The molecule has 30 heavy (non-hydrogen) atoms. The summed E-state index contributed by atoms with van der Waals surface area (Å²) in [5, 5.41) is 2.80. The Labute approximate surface area is 176 Å². The zero-order valence-corrected chi connectivity index (χ0v) is 17.1. The van der Waals surface area contributed by atoms with Gasteiger partial charge in [0, 0.05) is 17.9 Å². The molecular formula is C23H28FN4O2+. The standard InChI is InChI=1S/C23H27FN4O2/c24-19-7-9-20(10-8-19)25-22(29)16-26-12-14-27(15-13-26)23(30)17-28-11-3-5-18-4-1-2-6-21(18)28/h1-2,4,6-10H,3,5,11-17H2,(H,25,29)/p+1. The number of nitrogens with one attached hydrogen (secondary N) is 2. The minimum atomic E-state index is -0.326. The van der Waals surface area contributed by atoms with E-state index in [1.807, 2.05) is 11.0 Å². The summed E-state index contributed by atoms with van der Waals surface area (Å²) in [6, 6.07) is 14.1. The van der Waals surface area contributed by atoms with Gasteiger partial charge >= 0.3 is 0 Å². The van der Waals surface area contributed by atoms with Crippen LogP contribution >= 0.6 is 0 Å². The quantitative estimate of drug-likeness (QED) is 0.770. The van der Waals surface area contributed by atoms with Crippen LogP contribution in [0, 0.1) is 5.82 Å². The molecule has 6 nitrogen and oxygen atoms in total. The van der Waals surface area contributed by atoms with Crippen LogP contribution in [-0.2, 0) is 16.0 Å². The van der Waals surface area contributed by atoms with Crippen LogP contribution in [0.15, 0.2) is 48.5 Å². The average Bonchev–Trinajstić information content (AvgIpc) is 2.76. The highest BCUT2D eigenvalue weighted by molar-refractivity contribution is 5.91. The van der Waals surface area contributed by atoms with Crippen LogP contribution in [0.4, 0.5) is 15.8 Å². The normalized spacial score (nSPS) is 16.8. The van der Waals surface area contributed by atoms with Crippen molar-refractivity contribution in [3.8, 4) is 0 Å². The van der Waals surface area contributed by atoms with Gasteiger partial charge in [0.15, 0.2) is 6.54 Å². The summed E-state index contributed by atoms with van der Waals surface area (Å²) in [6.07, 6.45) is 2.15. The summed E-state index contributed by atoms with van der Waals surface area (Å²) >= 11 is 0. The van der Waals surface area contributed by atoms with Gasteiger partial charge in [-0.05, 0) is 48.7 Å². The number of nitrogens with zero attached hydrogens (tertiary/aromatic N) is 2. The van der Waals surface area contributed by atoms with E-state index in [2.05, 4.69) is 28.4 Å². The fraction of sp³-hybridized carbons (Fsp3) is 0.391. The summed E-state index contributed by atoms with van der Waals surface area (Å²) in [7, 11) is 0. The van der Waals surface area contributed by atoms with Crippen molar-refractivity contribution in [2.45, 2.75) is 12.8 Å². The molecule has 0 saturated carbocycles. The molecule has 2 aliphatic rings. The Bertz CT molecular complexity index is 894.